The second-order valence-electron chi connectivity index (χ2n) is 5.28. The number of nitro groups is 1. The number of nitro benzene ring substituents is 1. The van der Waals surface area contributed by atoms with E-state index in [1.807, 2.05) is 0 Å². The molecule has 0 aliphatic heterocycles. The zero-order valence-corrected chi connectivity index (χ0v) is 12.7. The maximum Gasteiger partial charge on any atom is 0.309 e. The van der Waals surface area contributed by atoms with Crippen molar-refractivity contribution in [2.24, 2.45) is 5.92 Å². The van der Waals surface area contributed by atoms with Crippen LogP contribution < -0.4 is 10.1 Å². The number of rotatable bonds is 6. The summed E-state index contributed by atoms with van der Waals surface area (Å²) in [6.07, 6.45) is 3.54. The van der Waals surface area contributed by atoms with Crippen LogP contribution in [0.4, 0.5) is 11.4 Å². The lowest BCUT2D eigenvalue weighted by Crippen LogP contribution is -2.24. The molecule has 1 aromatic rings. The fourth-order valence-corrected chi connectivity index (χ4v) is 2.50. The molecule has 0 saturated heterocycles. The quantitative estimate of drug-likeness (QED) is 0.489. The molecule has 0 bridgehead atoms. The fourth-order valence-electron chi connectivity index (χ4n) is 2.50. The third-order valence-corrected chi connectivity index (χ3v) is 3.71. The van der Waals surface area contributed by atoms with Gasteiger partial charge in [-0.3, -0.25) is 19.7 Å². The zero-order valence-electron chi connectivity index (χ0n) is 12.7. The Morgan fingerprint density at radius 1 is 1.35 bits per heavy atom. The average Bonchev–Trinajstić information content (AvgIpc) is 3.07. The second-order valence-corrected chi connectivity index (χ2v) is 5.28. The van der Waals surface area contributed by atoms with Crippen molar-refractivity contribution < 1.29 is 24.0 Å². The first-order chi connectivity index (χ1) is 11.0. The second kappa shape index (κ2) is 7.57. The molecule has 0 spiro atoms. The minimum absolute atomic E-state index is 0.0257. The van der Waals surface area contributed by atoms with E-state index in [4.69, 9.17) is 9.47 Å². The van der Waals surface area contributed by atoms with E-state index in [0.717, 1.165) is 25.7 Å². The Morgan fingerprint density at radius 3 is 2.65 bits per heavy atom. The Kier molecular flexibility index (Phi) is 5.51. The molecular weight excluding hydrogens is 304 g/mol. The number of nitrogens with zero attached hydrogens (tertiary/aromatic N) is 1. The van der Waals surface area contributed by atoms with Gasteiger partial charge < -0.3 is 14.8 Å². The molecule has 0 unspecified atom stereocenters. The molecule has 23 heavy (non-hydrogen) atoms. The minimum atomic E-state index is -0.622. The van der Waals surface area contributed by atoms with Crippen LogP contribution in [0.1, 0.15) is 25.7 Å². The molecule has 1 aliphatic rings. The number of esters is 1. The van der Waals surface area contributed by atoms with Crippen molar-refractivity contribution in [3.63, 3.8) is 0 Å². The molecule has 1 aliphatic carbocycles. The Hall–Kier alpha value is -2.64. The largest absolute Gasteiger partial charge is 0.496 e. The van der Waals surface area contributed by atoms with Crippen LogP contribution >= 0.6 is 0 Å². The summed E-state index contributed by atoms with van der Waals surface area (Å²) >= 11 is 0. The molecule has 1 aromatic carbocycles. The average molecular weight is 322 g/mol. The Bertz CT molecular complexity index is 610. The number of nitrogens with one attached hydrogen (secondary N) is 1. The third kappa shape index (κ3) is 4.41. The lowest BCUT2D eigenvalue weighted by atomic mass is 10.1. The number of amides is 1. The topological polar surface area (TPSA) is 108 Å². The highest BCUT2D eigenvalue weighted by molar-refractivity contribution is 5.95. The molecular formula is C15H18N2O6. The van der Waals surface area contributed by atoms with Gasteiger partial charge in [-0.15, -0.1) is 0 Å². The van der Waals surface area contributed by atoms with Gasteiger partial charge in [-0.2, -0.15) is 0 Å². The number of methoxy groups -OCH3 is 1. The fraction of sp³-hybridized carbons (Fsp3) is 0.467. The highest BCUT2D eigenvalue weighted by Crippen LogP contribution is 2.29. The number of carbonyl (C=O) groups is 2. The third-order valence-electron chi connectivity index (χ3n) is 3.71. The number of hydrogen-bond donors (Lipinski definition) is 1. The molecule has 0 aromatic heterocycles. The predicted octanol–water partition coefficient (Wildman–Crippen LogP) is 2.28. The van der Waals surface area contributed by atoms with Crippen LogP contribution in [0, 0.1) is 16.0 Å². The molecule has 0 heterocycles. The number of hydrogen-bond acceptors (Lipinski definition) is 6. The lowest BCUT2D eigenvalue weighted by molar-refractivity contribution is -0.384. The Morgan fingerprint density at radius 2 is 2.04 bits per heavy atom. The maximum absolute atomic E-state index is 11.8. The molecule has 124 valence electrons. The molecule has 1 N–H and O–H groups in total. The first-order valence-corrected chi connectivity index (χ1v) is 7.30. The standard InChI is InChI=1S/C15H18N2O6/c1-22-11-6-7-12(13(8-11)17(20)21)16-14(18)9-23-15(19)10-4-2-3-5-10/h6-8,10H,2-5,9H2,1H3,(H,16,18). The van der Waals surface area contributed by atoms with Crippen LogP contribution in [0.2, 0.25) is 0 Å². The monoisotopic (exact) mass is 322 g/mol. The molecule has 8 nitrogen and oxygen atoms in total. The van der Waals surface area contributed by atoms with E-state index >= 15 is 0 Å². The SMILES string of the molecule is COc1ccc(NC(=O)COC(=O)C2CCCC2)c([N+](=O)[O-])c1. The normalized spacial score (nSPS) is 14.3. The minimum Gasteiger partial charge on any atom is -0.496 e. The number of benzene rings is 1. The zero-order chi connectivity index (χ0) is 16.8. The van der Waals surface area contributed by atoms with Gasteiger partial charge in [0.1, 0.15) is 11.4 Å². The van der Waals surface area contributed by atoms with E-state index in [1.54, 1.807) is 0 Å². The summed E-state index contributed by atoms with van der Waals surface area (Å²) in [5.41, 5.74) is -0.266. The molecule has 2 rings (SSSR count). The van der Waals surface area contributed by atoms with Gasteiger partial charge in [0, 0.05) is 0 Å². The maximum atomic E-state index is 11.8. The van der Waals surface area contributed by atoms with Crippen LogP contribution in [0.15, 0.2) is 18.2 Å². The number of anilines is 1. The van der Waals surface area contributed by atoms with Gasteiger partial charge in [0.05, 0.1) is 24.0 Å². The number of ether oxygens (including phenoxy) is 2. The van der Waals surface area contributed by atoms with Crippen molar-refractivity contribution in [3.8, 4) is 5.75 Å². The van der Waals surface area contributed by atoms with Crippen molar-refractivity contribution in [2.75, 3.05) is 19.0 Å². The van der Waals surface area contributed by atoms with E-state index in [9.17, 15) is 19.7 Å². The van der Waals surface area contributed by atoms with Gasteiger partial charge in [0.15, 0.2) is 6.61 Å². The molecule has 0 radical (unpaired) electrons. The van der Waals surface area contributed by atoms with Gasteiger partial charge in [0.2, 0.25) is 0 Å². The smallest absolute Gasteiger partial charge is 0.309 e. The van der Waals surface area contributed by atoms with E-state index in [-0.39, 0.29) is 23.3 Å². The molecule has 1 amide bonds. The summed E-state index contributed by atoms with van der Waals surface area (Å²) in [6, 6.07) is 4.07. The molecule has 1 fully saturated rings. The van der Waals surface area contributed by atoms with Crippen molar-refractivity contribution in [2.45, 2.75) is 25.7 Å². The van der Waals surface area contributed by atoms with Gasteiger partial charge in [-0.25, -0.2) is 0 Å². The van der Waals surface area contributed by atoms with Crippen LogP contribution in [-0.4, -0.2) is 30.5 Å². The van der Waals surface area contributed by atoms with Crippen LogP contribution in [0.3, 0.4) is 0 Å². The first kappa shape index (κ1) is 16.7. The van der Waals surface area contributed by atoms with E-state index in [0.29, 0.717) is 5.75 Å². The lowest BCUT2D eigenvalue weighted by Gasteiger charge is -2.10. The number of carbonyl (C=O) groups excluding carboxylic acids is 2. The summed E-state index contributed by atoms with van der Waals surface area (Å²) in [4.78, 5) is 34.0. The van der Waals surface area contributed by atoms with Crippen molar-refractivity contribution in [3.05, 3.63) is 28.3 Å². The highest BCUT2D eigenvalue weighted by Gasteiger charge is 2.25. The molecule has 1 saturated carbocycles. The van der Waals surface area contributed by atoms with Crippen molar-refractivity contribution in [1.82, 2.24) is 0 Å². The molecule has 0 atom stereocenters. The Labute approximate surface area is 132 Å². The Balaban J connectivity index is 1.94. The van der Waals surface area contributed by atoms with Gasteiger partial charge >= 0.3 is 5.97 Å². The van der Waals surface area contributed by atoms with Crippen molar-refractivity contribution in [1.29, 1.82) is 0 Å². The van der Waals surface area contributed by atoms with Crippen LogP contribution in [0.25, 0.3) is 0 Å². The summed E-state index contributed by atoms with van der Waals surface area (Å²) in [6.45, 7) is -0.460. The first-order valence-electron chi connectivity index (χ1n) is 7.30. The van der Waals surface area contributed by atoms with E-state index in [1.165, 1.54) is 25.3 Å². The highest BCUT2D eigenvalue weighted by atomic mass is 16.6. The van der Waals surface area contributed by atoms with Gasteiger partial charge in [0.25, 0.3) is 11.6 Å². The van der Waals surface area contributed by atoms with Crippen LogP contribution in [-0.2, 0) is 14.3 Å². The molecule has 8 heteroatoms. The summed E-state index contributed by atoms with van der Waals surface area (Å²) in [5.74, 6) is -0.841. The van der Waals surface area contributed by atoms with Crippen LogP contribution in [0.5, 0.6) is 5.75 Å². The van der Waals surface area contributed by atoms with Crippen molar-refractivity contribution >= 4 is 23.3 Å². The summed E-state index contributed by atoms with van der Waals surface area (Å²) < 4.78 is 9.87. The predicted molar refractivity (Wildman–Crippen MR) is 81.2 cm³/mol. The summed E-state index contributed by atoms with van der Waals surface area (Å²) in [5, 5.41) is 13.4. The van der Waals surface area contributed by atoms with E-state index in [2.05, 4.69) is 5.32 Å². The van der Waals surface area contributed by atoms with E-state index < -0.39 is 17.4 Å². The van der Waals surface area contributed by atoms with Gasteiger partial charge in [-0.1, -0.05) is 12.8 Å². The summed E-state index contributed by atoms with van der Waals surface area (Å²) in [7, 11) is 1.39. The van der Waals surface area contributed by atoms with Gasteiger partial charge in [-0.05, 0) is 25.0 Å².